The van der Waals surface area contributed by atoms with Gasteiger partial charge in [0.25, 0.3) is 0 Å². The van der Waals surface area contributed by atoms with Crippen LogP contribution in [-0.2, 0) is 16.4 Å². The maximum Gasteiger partial charge on any atom is 0.211 e. The molecule has 0 spiro atoms. The van der Waals surface area contributed by atoms with Crippen LogP contribution in [0.1, 0.15) is 31.4 Å². The number of nitrogens with two attached hydrogens (primary N) is 1. The predicted molar refractivity (Wildman–Crippen MR) is 79.7 cm³/mol. The number of hydrogen-bond acceptors (Lipinski definition) is 4. The average Bonchev–Trinajstić information content (AvgIpc) is 2.45. The Morgan fingerprint density at radius 3 is 2.90 bits per heavy atom. The van der Waals surface area contributed by atoms with E-state index in [-0.39, 0.29) is 11.8 Å². The van der Waals surface area contributed by atoms with Crippen LogP contribution < -0.4 is 10.5 Å². The van der Waals surface area contributed by atoms with Gasteiger partial charge in [-0.25, -0.2) is 13.1 Å². The van der Waals surface area contributed by atoms with Crippen molar-refractivity contribution in [1.29, 1.82) is 0 Å². The van der Waals surface area contributed by atoms with Crippen molar-refractivity contribution in [2.45, 2.75) is 38.1 Å². The van der Waals surface area contributed by atoms with E-state index in [1.807, 2.05) is 18.2 Å². The highest BCUT2D eigenvalue weighted by Crippen LogP contribution is 2.22. The van der Waals surface area contributed by atoms with Crippen molar-refractivity contribution in [3.05, 3.63) is 30.1 Å². The third-order valence-electron chi connectivity index (χ3n) is 3.77. The Balaban J connectivity index is 1.76. The molecule has 3 N–H and O–H groups in total. The Hall–Kier alpha value is -0.980. The quantitative estimate of drug-likeness (QED) is 0.822. The number of nitrogens with one attached hydrogen (secondary N) is 1. The van der Waals surface area contributed by atoms with Gasteiger partial charge in [-0.05, 0) is 37.3 Å². The topological polar surface area (TPSA) is 85.1 Å². The second kappa shape index (κ2) is 7.15. The molecule has 1 aliphatic carbocycles. The molecule has 1 aromatic rings. The molecule has 1 aromatic heterocycles. The second-order valence-corrected chi connectivity index (χ2v) is 7.46. The Kier molecular flexibility index (Phi) is 5.51. The first-order chi connectivity index (χ1) is 9.55. The zero-order valence-electron chi connectivity index (χ0n) is 11.7. The molecule has 2 unspecified atom stereocenters. The van der Waals surface area contributed by atoms with Crippen molar-refractivity contribution < 1.29 is 8.42 Å². The molecule has 0 aromatic carbocycles. The van der Waals surface area contributed by atoms with Crippen LogP contribution in [0.3, 0.4) is 0 Å². The molecule has 112 valence electrons. The SMILES string of the molecule is NC1CCCC(CNS(=O)(=O)CCc2ccccn2)C1. The van der Waals surface area contributed by atoms with E-state index < -0.39 is 10.0 Å². The van der Waals surface area contributed by atoms with Crippen LogP contribution in [0.2, 0.25) is 0 Å². The summed E-state index contributed by atoms with van der Waals surface area (Å²) in [6, 6.07) is 5.76. The second-order valence-electron chi connectivity index (χ2n) is 5.53. The van der Waals surface area contributed by atoms with Gasteiger partial charge in [-0.2, -0.15) is 0 Å². The highest BCUT2D eigenvalue weighted by Gasteiger charge is 2.21. The zero-order chi connectivity index (χ0) is 14.4. The number of aryl methyl sites for hydroxylation is 1. The number of aromatic nitrogens is 1. The average molecular weight is 297 g/mol. The van der Waals surface area contributed by atoms with Crippen LogP contribution in [0, 0.1) is 5.92 Å². The molecule has 2 atom stereocenters. The Morgan fingerprint density at radius 1 is 1.35 bits per heavy atom. The first kappa shape index (κ1) is 15.4. The van der Waals surface area contributed by atoms with E-state index in [1.54, 1.807) is 6.20 Å². The summed E-state index contributed by atoms with van der Waals surface area (Å²) in [6.45, 7) is 0.512. The van der Waals surface area contributed by atoms with Gasteiger partial charge < -0.3 is 5.73 Å². The van der Waals surface area contributed by atoms with E-state index in [2.05, 4.69) is 9.71 Å². The van der Waals surface area contributed by atoms with E-state index in [0.717, 1.165) is 31.4 Å². The molecule has 1 fully saturated rings. The van der Waals surface area contributed by atoms with Crippen LogP contribution in [0.15, 0.2) is 24.4 Å². The van der Waals surface area contributed by atoms with Crippen molar-refractivity contribution in [3.63, 3.8) is 0 Å². The number of sulfonamides is 1. The molecule has 0 aliphatic heterocycles. The number of nitrogens with zero attached hydrogens (tertiary/aromatic N) is 1. The van der Waals surface area contributed by atoms with Crippen molar-refractivity contribution in [3.8, 4) is 0 Å². The van der Waals surface area contributed by atoms with Gasteiger partial charge in [-0.3, -0.25) is 4.98 Å². The number of hydrogen-bond donors (Lipinski definition) is 2. The lowest BCUT2D eigenvalue weighted by Crippen LogP contribution is -2.36. The van der Waals surface area contributed by atoms with Gasteiger partial charge >= 0.3 is 0 Å². The molecule has 0 saturated heterocycles. The highest BCUT2D eigenvalue weighted by atomic mass is 32.2. The van der Waals surface area contributed by atoms with Crippen LogP contribution in [0.25, 0.3) is 0 Å². The van der Waals surface area contributed by atoms with E-state index in [4.69, 9.17) is 5.73 Å². The highest BCUT2D eigenvalue weighted by molar-refractivity contribution is 7.89. The first-order valence-electron chi connectivity index (χ1n) is 7.18. The van der Waals surface area contributed by atoms with E-state index in [9.17, 15) is 8.42 Å². The summed E-state index contributed by atoms with van der Waals surface area (Å²) < 4.78 is 26.6. The summed E-state index contributed by atoms with van der Waals surface area (Å²) in [6.07, 6.45) is 6.27. The molecule has 6 heteroatoms. The lowest BCUT2D eigenvalue weighted by molar-refractivity contribution is 0.322. The number of pyridine rings is 1. The molecule has 5 nitrogen and oxygen atoms in total. The molecule has 0 amide bonds. The molecule has 20 heavy (non-hydrogen) atoms. The van der Waals surface area contributed by atoms with Crippen LogP contribution in [0.5, 0.6) is 0 Å². The normalized spacial score (nSPS) is 23.6. The summed E-state index contributed by atoms with van der Waals surface area (Å²) in [4.78, 5) is 4.13. The fourth-order valence-electron chi connectivity index (χ4n) is 2.62. The van der Waals surface area contributed by atoms with Crippen molar-refractivity contribution in [2.24, 2.45) is 11.7 Å². The third-order valence-corrected chi connectivity index (χ3v) is 5.12. The zero-order valence-corrected chi connectivity index (χ0v) is 12.5. The molecule has 2 rings (SSSR count). The van der Waals surface area contributed by atoms with Gasteiger partial charge in [-0.1, -0.05) is 12.5 Å². The monoisotopic (exact) mass is 297 g/mol. The third kappa shape index (κ3) is 5.19. The summed E-state index contributed by atoms with van der Waals surface area (Å²) >= 11 is 0. The van der Waals surface area contributed by atoms with Crippen molar-refractivity contribution >= 4 is 10.0 Å². The molecule has 1 heterocycles. The van der Waals surface area contributed by atoms with Crippen molar-refractivity contribution in [1.82, 2.24) is 9.71 Å². The van der Waals surface area contributed by atoms with E-state index in [1.165, 1.54) is 0 Å². The summed E-state index contributed by atoms with van der Waals surface area (Å²) in [7, 11) is -3.23. The largest absolute Gasteiger partial charge is 0.328 e. The lowest BCUT2D eigenvalue weighted by atomic mass is 9.86. The maximum absolute atomic E-state index is 12.0. The lowest BCUT2D eigenvalue weighted by Gasteiger charge is -2.26. The summed E-state index contributed by atoms with van der Waals surface area (Å²) in [5.41, 5.74) is 6.72. The predicted octanol–water partition coefficient (Wildman–Crippen LogP) is 1.06. The molecule has 0 bridgehead atoms. The standard InChI is InChI=1S/C14H23N3O2S/c15-13-5-3-4-12(10-13)11-17-20(18,19)9-7-14-6-1-2-8-16-14/h1-2,6,8,12-13,17H,3-5,7,9-11,15H2. The Labute approximate surface area is 121 Å². The first-order valence-corrected chi connectivity index (χ1v) is 8.83. The van der Waals surface area contributed by atoms with E-state index in [0.29, 0.717) is 18.9 Å². The minimum Gasteiger partial charge on any atom is -0.328 e. The van der Waals surface area contributed by atoms with Crippen LogP contribution in [0.4, 0.5) is 0 Å². The number of rotatable bonds is 6. The molecule has 1 aliphatic rings. The van der Waals surface area contributed by atoms with Gasteiger partial charge in [-0.15, -0.1) is 0 Å². The van der Waals surface area contributed by atoms with Gasteiger partial charge in [0.2, 0.25) is 10.0 Å². The molecular weight excluding hydrogens is 274 g/mol. The van der Waals surface area contributed by atoms with E-state index >= 15 is 0 Å². The van der Waals surface area contributed by atoms with Crippen LogP contribution in [-0.4, -0.2) is 31.7 Å². The van der Waals surface area contributed by atoms with Crippen molar-refractivity contribution in [2.75, 3.05) is 12.3 Å². The van der Waals surface area contributed by atoms with Gasteiger partial charge in [0.15, 0.2) is 0 Å². The van der Waals surface area contributed by atoms with Gasteiger partial charge in [0, 0.05) is 30.9 Å². The fourth-order valence-corrected chi connectivity index (χ4v) is 3.73. The fraction of sp³-hybridized carbons (Fsp3) is 0.643. The molecule has 0 radical (unpaired) electrons. The summed E-state index contributed by atoms with van der Waals surface area (Å²) in [5, 5.41) is 0. The van der Waals surface area contributed by atoms with Crippen LogP contribution >= 0.6 is 0 Å². The minimum atomic E-state index is -3.23. The smallest absolute Gasteiger partial charge is 0.211 e. The van der Waals surface area contributed by atoms with Gasteiger partial charge in [0.05, 0.1) is 5.75 Å². The Bertz CT molecular complexity index is 504. The minimum absolute atomic E-state index is 0.0861. The molecule has 1 saturated carbocycles. The van der Waals surface area contributed by atoms with Gasteiger partial charge in [0.1, 0.15) is 0 Å². The molecular formula is C14H23N3O2S. The maximum atomic E-state index is 12.0. The summed E-state index contributed by atoms with van der Waals surface area (Å²) in [5.74, 6) is 0.464. The Morgan fingerprint density at radius 2 is 2.20 bits per heavy atom.